The Labute approximate surface area is 205 Å². The van der Waals surface area contributed by atoms with Crippen LogP contribution in [0.5, 0.6) is 0 Å². The number of benzene rings is 2. The van der Waals surface area contributed by atoms with Crippen molar-refractivity contribution in [3.05, 3.63) is 71.3 Å². The predicted octanol–water partition coefficient (Wildman–Crippen LogP) is 3.84. The first-order valence-electron chi connectivity index (χ1n) is 11.7. The van der Waals surface area contributed by atoms with Gasteiger partial charge in [-0.1, -0.05) is 55.5 Å². The minimum Gasteiger partial charge on any atom is -0.351 e. The lowest BCUT2D eigenvalue weighted by atomic mass is 9.73. The smallest absolute Gasteiger partial charge is 0.351 e. The minimum atomic E-state index is -4.33. The molecular formula is C25H32F3N3O3S. The number of piperidine rings is 1. The van der Waals surface area contributed by atoms with Crippen molar-refractivity contribution in [2.45, 2.75) is 44.3 Å². The Morgan fingerprint density at radius 2 is 1.66 bits per heavy atom. The molecule has 2 aromatic carbocycles. The van der Waals surface area contributed by atoms with E-state index in [9.17, 15) is 26.4 Å². The molecular weight excluding hydrogens is 479 g/mol. The van der Waals surface area contributed by atoms with Gasteiger partial charge in [0.2, 0.25) is 10.0 Å². The van der Waals surface area contributed by atoms with Crippen molar-refractivity contribution in [1.29, 1.82) is 0 Å². The van der Waals surface area contributed by atoms with Crippen molar-refractivity contribution >= 4 is 15.9 Å². The van der Waals surface area contributed by atoms with Crippen LogP contribution in [0.2, 0.25) is 0 Å². The fourth-order valence-electron chi connectivity index (χ4n) is 4.52. The molecule has 0 aromatic heterocycles. The second kappa shape index (κ2) is 11.5. The number of nitrogens with zero attached hydrogens (tertiary/aromatic N) is 1. The van der Waals surface area contributed by atoms with Crippen LogP contribution in [0.4, 0.5) is 13.2 Å². The number of carbonyl (C=O) groups is 1. The van der Waals surface area contributed by atoms with Gasteiger partial charge in [0.25, 0.3) is 5.91 Å². The molecule has 192 valence electrons. The molecule has 0 unspecified atom stereocenters. The highest BCUT2D eigenvalue weighted by Gasteiger charge is 2.39. The first kappa shape index (κ1) is 27.2. The molecule has 0 spiro atoms. The Kier molecular flexibility index (Phi) is 8.95. The van der Waals surface area contributed by atoms with Crippen LogP contribution in [-0.2, 0) is 22.0 Å². The summed E-state index contributed by atoms with van der Waals surface area (Å²) in [5.41, 5.74) is 1.36. The molecule has 2 N–H and O–H groups in total. The lowest BCUT2D eigenvalue weighted by molar-refractivity contribution is -0.125. The van der Waals surface area contributed by atoms with Gasteiger partial charge in [0.1, 0.15) is 0 Å². The number of nitrogens with one attached hydrogen (secondary N) is 2. The van der Waals surface area contributed by atoms with Crippen molar-refractivity contribution < 1.29 is 26.4 Å². The van der Waals surface area contributed by atoms with E-state index >= 15 is 0 Å². The van der Waals surface area contributed by atoms with Gasteiger partial charge in [0.15, 0.2) is 0 Å². The molecule has 1 amide bonds. The molecule has 6 nitrogen and oxygen atoms in total. The van der Waals surface area contributed by atoms with Gasteiger partial charge >= 0.3 is 6.18 Å². The zero-order valence-corrected chi connectivity index (χ0v) is 20.6. The van der Waals surface area contributed by atoms with Crippen LogP contribution in [0.15, 0.2) is 54.6 Å². The number of hydrogen-bond acceptors (Lipinski definition) is 4. The number of halogens is 3. The van der Waals surface area contributed by atoms with Crippen molar-refractivity contribution in [2.24, 2.45) is 0 Å². The lowest BCUT2D eigenvalue weighted by Gasteiger charge is -2.42. The van der Waals surface area contributed by atoms with E-state index in [-0.39, 0.29) is 18.2 Å². The second-order valence-corrected chi connectivity index (χ2v) is 11.0. The largest absolute Gasteiger partial charge is 0.401 e. The summed E-state index contributed by atoms with van der Waals surface area (Å²) in [5, 5.41) is 5.31. The molecule has 0 bridgehead atoms. The Morgan fingerprint density at radius 3 is 2.29 bits per heavy atom. The van der Waals surface area contributed by atoms with Crippen LogP contribution in [0.3, 0.4) is 0 Å². The van der Waals surface area contributed by atoms with Gasteiger partial charge in [-0.2, -0.15) is 13.2 Å². The number of rotatable bonds is 10. The molecule has 0 aliphatic carbocycles. The van der Waals surface area contributed by atoms with Gasteiger partial charge in [0, 0.05) is 37.2 Å². The first-order valence-corrected chi connectivity index (χ1v) is 13.3. The Hall–Kier alpha value is -2.43. The first-order chi connectivity index (χ1) is 16.6. The zero-order chi connectivity index (χ0) is 25.5. The third kappa shape index (κ3) is 7.28. The summed E-state index contributed by atoms with van der Waals surface area (Å²) in [7, 11) is -3.31. The molecule has 35 heavy (non-hydrogen) atoms. The molecule has 2 aromatic rings. The summed E-state index contributed by atoms with van der Waals surface area (Å²) in [6.07, 6.45) is -2.68. The van der Waals surface area contributed by atoms with Crippen molar-refractivity contribution in [3.8, 4) is 0 Å². The van der Waals surface area contributed by atoms with Crippen molar-refractivity contribution in [2.75, 3.05) is 31.9 Å². The molecule has 1 heterocycles. The number of sulfonamides is 1. The fourth-order valence-corrected chi connectivity index (χ4v) is 6.03. The van der Waals surface area contributed by atoms with Gasteiger partial charge in [-0.25, -0.2) is 12.7 Å². The number of amides is 1. The van der Waals surface area contributed by atoms with E-state index in [1.165, 1.54) is 4.31 Å². The summed E-state index contributed by atoms with van der Waals surface area (Å²) >= 11 is 0. The molecule has 1 aliphatic rings. The van der Waals surface area contributed by atoms with Crippen LogP contribution >= 0.6 is 0 Å². The molecule has 1 saturated heterocycles. The molecule has 0 saturated carbocycles. The third-order valence-corrected chi connectivity index (χ3v) is 8.49. The maximum Gasteiger partial charge on any atom is 0.401 e. The number of carbonyl (C=O) groups excluding carboxylic acids is 1. The highest BCUT2D eigenvalue weighted by molar-refractivity contribution is 7.89. The minimum absolute atomic E-state index is 0.0861. The predicted molar refractivity (Wildman–Crippen MR) is 130 cm³/mol. The third-order valence-electron chi connectivity index (χ3n) is 6.41. The molecule has 10 heteroatoms. The van der Waals surface area contributed by atoms with E-state index in [0.717, 1.165) is 5.56 Å². The van der Waals surface area contributed by atoms with Crippen molar-refractivity contribution in [3.63, 3.8) is 0 Å². The van der Waals surface area contributed by atoms with Crippen LogP contribution in [0, 0.1) is 0 Å². The van der Waals surface area contributed by atoms with Gasteiger partial charge < -0.3 is 10.6 Å². The monoisotopic (exact) mass is 511 g/mol. The highest BCUT2D eigenvalue weighted by atomic mass is 32.2. The molecule has 0 atom stereocenters. The molecule has 1 fully saturated rings. The van der Waals surface area contributed by atoms with Crippen LogP contribution in [-0.4, -0.2) is 56.7 Å². The summed E-state index contributed by atoms with van der Waals surface area (Å²) < 4.78 is 64.2. The summed E-state index contributed by atoms with van der Waals surface area (Å²) in [6, 6.07) is 16.3. The van der Waals surface area contributed by atoms with Gasteiger partial charge in [-0.15, -0.1) is 0 Å². The maximum absolute atomic E-state index is 13.1. The number of alkyl halides is 3. The average Bonchev–Trinajstić information content (AvgIpc) is 2.83. The van der Waals surface area contributed by atoms with Gasteiger partial charge in [-0.3, -0.25) is 4.79 Å². The van der Waals surface area contributed by atoms with Gasteiger partial charge in [0.05, 0.1) is 12.3 Å². The maximum atomic E-state index is 13.1. The summed E-state index contributed by atoms with van der Waals surface area (Å²) in [5.74, 6) is -0.257. The Bertz CT molecular complexity index is 1080. The Morgan fingerprint density at radius 1 is 1.03 bits per heavy atom. The van der Waals surface area contributed by atoms with E-state index in [0.29, 0.717) is 50.0 Å². The molecule has 1 aliphatic heterocycles. The second-order valence-electron chi connectivity index (χ2n) is 8.92. The topological polar surface area (TPSA) is 78.5 Å². The van der Waals surface area contributed by atoms with E-state index in [4.69, 9.17) is 0 Å². The normalized spacial score (nSPS) is 16.7. The Balaban J connectivity index is 1.74. The summed E-state index contributed by atoms with van der Waals surface area (Å²) in [4.78, 5) is 13.1. The lowest BCUT2D eigenvalue weighted by Crippen LogP contribution is -2.50. The van der Waals surface area contributed by atoms with Crippen LogP contribution in [0.25, 0.3) is 0 Å². The fraction of sp³-hybridized carbons (Fsp3) is 0.480. The summed E-state index contributed by atoms with van der Waals surface area (Å²) in [6.45, 7) is 1.63. The van der Waals surface area contributed by atoms with E-state index in [1.54, 1.807) is 24.3 Å². The highest BCUT2D eigenvalue weighted by Crippen LogP contribution is 2.36. The zero-order valence-electron chi connectivity index (χ0n) is 19.8. The van der Waals surface area contributed by atoms with E-state index < -0.39 is 28.2 Å². The molecule has 3 rings (SSSR count). The van der Waals surface area contributed by atoms with E-state index in [2.05, 4.69) is 10.6 Å². The van der Waals surface area contributed by atoms with E-state index in [1.807, 2.05) is 37.3 Å². The van der Waals surface area contributed by atoms with Crippen LogP contribution in [0.1, 0.15) is 47.7 Å². The standard InChI is InChI=1S/C25H32F3N3O3S/c1-2-16-35(33,34)31-14-12-24(13-15-31,21-9-4-3-5-10-21)18-30-23(32)22-11-7-6-8-20(22)17-29-19-25(26,27)28/h3-11,29H,2,12-19H2,1H3,(H,30,32). The van der Waals surface area contributed by atoms with Crippen LogP contribution < -0.4 is 10.6 Å². The quantitative estimate of drug-likeness (QED) is 0.508. The molecule has 0 radical (unpaired) electrons. The SMILES string of the molecule is CCCS(=O)(=O)N1CCC(CNC(=O)c2ccccc2CNCC(F)(F)F)(c2ccccc2)CC1. The van der Waals surface area contributed by atoms with Crippen molar-refractivity contribution in [1.82, 2.24) is 14.9 Å². The average molecular weight is 512 g/mol. The van der Waals surface area contributed by atoms with Gasteiger partial charge in [-0.05, 0) is 36.5 Å². The number of hydrogen-bond donors (Lipinski definition) is 2.